The first-order valence-corrected chi connectivity index (χ1v) is 8.90. The Hall–Kier alpha value is -3.46. The zero-order chi connectivity index (χ0) is 18.6. The van der Waals surface area contributed by atoms with Crippen LogP contribution in [0.3, 0.4) is 0 Å². The van der Waals surface area contributed by atoms with Gasteiger partial charge in [-0.15, -0.1) is 11.3 Å². The molecule has 3 aromatic rings. The Labute approximate surface area is 158 Å². The molecule has 3 heterocycles. The Morgan fingerprint density at radius 3 is 2.85 bits per heavy atom. The molecule has 4 rings (SSSR count). The Kier molecular flexibility index (Phi) is 4.67. The zero-order valence-corrected chi connectivity index (χ0v) is 14.8. The summed E-state index contributed by atoms with van der Waals surface area (Å²) >= 11 is 1.24. The molecule has 0 fully saturated rings. The highest BCUT2D eigenvalue weighted by Crippen LogP contribution is 2.32. The molecule has 136 valence electrons. The maximum absolute atomic E-state index is 12.5. The number of amides is 2. The van der Waals surface area contributed by atoms with E-state index in [1.165, 1.54) is 29.9 Å². The van der Waals surface area contributed by atoms with Crippen molar-refractivity contribution in [3.63, 3.8) is 0 Å². The predicted molar refractivity (Wildman–Crippen MR) is 98.0 cm³/mol. The third-order valence-electron chi connectivity index (χ3n) is 3.81. The lowest BCUT2D eigenvalue weighted by Gasteiger charge is -2.08. The van der Waals surface area contributed by atoms with Gasteiger partial charge in [0.05, 0.1) is 11.9 Å². The van der Waals surface area contributed by atoms with E-state index in [0.29, 0.717) is 28.6 Å². The highest BCUT2D eigenvalue weighted by atomic mass is 32.1. The van der Waals surface area contributed by atoms with Crippen molar-refractivity contribution in [1.29, 1.82) is 0 Å². The second-order valence-corrected chi connectivity index (χ2v) is 6.49. The van der Waals surface area contributed by atoms with Crippen LogP contribution in [0.25, 0.3) is 0 Å². The van der Waals surface area contributed by atoms with Crippen LogP contribution in [-0.4, -0.2) is 28.6 Å². The van der Waals surface area contributed by atoms with Crippen molar-refractivity contribution in [1.82, 2.24) is 15.3 Å². The molecule has 1 aromatic carbocycles. The molecule has 0 radical (unpaired) electrons. The van der Waals surface area contributed by atoms with Gasteiger partial charge >= 0.3 is 0 Å². The molecular weight excluding hydrogens is 368 g/mol. The average molecular weight is 382 g/mol. The van der Waals surface area contributed by atoms with Gasteiger partial charge in [0.1, 0.15) is 10.6 Å². The summed E-state index contributed by atoms with van der Waals surface area (Å²) in [5.41, 5.74) is 1.49. The normalized spacial score (nSPS) is 11.9. The molecule has 0 spiro atoms. The van der Waals surface area contributed by atoms with Crippen LogP contribution < -0.4 is 20.1 Å². The van der Waals surface area contributed by atoms with Crippen LogP contribution in [0.15, 0.2) is 48.2 Å². The van der Waals surface area contributed by atoms with E-state index in [1.54, 1.807) is 11.4 Å². The number of hydrogen-bond donors (Lipinski definition) is 2. The van der Waals surface area contributed by atoms with Crippen molar-refractivity contribution in [2.24, 2.45) is 0 Å². The number of anilines is 1. The monoisotopic (exact) mass is 382 g/mol. The Balaban J connectivity index is 1.41. The van der Waals surface area contributed by atoms with Crippen LogP contribution in [-0.2, 0) is 6.54 Å². The standard InChI is InChI=1S/C18H14N4O4S/c23-17(13-9-19-4-5-20-13)22-12-3-6-27-16(12)18(24)21-8-11-1-2-14-15(7-11)26-10-25-14/h1-7,9H,8,10H2,(H,21,24)(H,22,23). The molecule has 0 unspecified atom stereocenters. The summed E-state index contributed by atoms with van der Waals surface area (Å²) in [5, 5.41) is 7.27. The maximum Gasteiger partial charge on any atom is 0.275 e. The number of nitrogens with one attached hydrogen (secondary N) is 2. The van der Waals surface area contributed by atoms with Gasteiger partial charge in [-0.25, -0.2) is 4.98 Å². The van der Waals surface area contributed by atoms with E-state index in [4.69, 9.17) is 9.47 Å². The van der Waals surface area contributed by atoms with E-state index in [-0.39, 0.29) is 18.4 Å². The lowest BCUT2D eigenvalue weighted by atomic mass is 10.2. The first-order valence-electron chi connectivity index (χ1n) is 8.02. The summed E-state index contributed by atoms with van der Waals surface area (Å²) in [6, 6.07) is 7.17. The first-order chi connectivity index (χ1) is 13.2. The fourth-order valence-electron chi connectivity index (χ4n) is 2.50. The largest absolute Gasteiger partial charge is 0.454 e. The van der Waals surface area contributed by atoms with Crippen LogP contribution in [0.4, 0.5) is 5.69 Å². The van der Waals surface area contributed by atoms with E-state index >= 15 is 0 Å². The summed E-state index contributed by atoms with van der Waals surface area (Å²) in [6.45, 7) is 0.528. The smallest absolute Gasteiger partial charge is 0.275 e. The minimum atomic E-state index is -0.425. The number of hydrogen-bond acceptors (Lipinski definition) is 7. The van der Waals surface area contributed by atoms with E-state index in [1.807, 2.05) is 18.2 Å². The first kappa shape index (κ1) is 17.0. The third-order valence-corrected chi connectivity index (χ3v) is 4.72. The number of thiophene rings is 1. The number of benzene rings is 1. The fourth-order valence-corrected chi connectivity index (χ4v) is 3.27. The van der Waals surface area contributed by atoms with Crippen LogP contribution in [0.5, 0.6) is 11.5 Å². The zero-order valence-electron chi connectivity index (χ0n) is 14.0. The van der Waals surface area contributed by atoms with Gasteiger partial charge in [-0.05, 0) is 29.1 Å². The maximum atomic E-state index is 12.5. The van der Waals surface area contributed by atoms with Crippen molar-refractivity contribution in [2.75, 3.05) is 12.1 Å². The van der Waals surface area contributed by atoms with E-state index in [2.05, 4.69) is 20.6 Å². The highest BCUT2D eigenvalue weighted by molar-refractivity contribution is 7.12. The number of aromatic nitrogens is 2. The molecular formula is C18H14N4O4S. The Morgan fingerprint density at radius 1 is 1.11 bits per heavy atom. The van der Waals surface area contributed by atoms with Crippen molar-refractivity contribution in [2.45, 2.75) is 6.54 Å². The van der Waals surface area contributed by atoms with Gasteiger partial charge in [-0.2, -0.15) is 0 Å². The summed E-state index contributed by atoms with van der Waals surface area (Å²) in [4.78, 5) is 32.9. The molecule has 27 heavy (non-hydrogen) atoms. The minimum absolute atomic E-state index is 0.176. The number of rotatable bonds is 5. The van der Waals surface area contributed by atoms with Crippen molar-refractivity contribution in [3.8, 4) is 11.5 Å². The second-order valence-electron chi connectivity index (χ2n) is 5.58. The molecule has 2 aromatic heterocycles. The second kappa shape index (κ2) is 7.42. The lowest BCUT2D eigenvalue weighted by Crippen LogP contribution is -2.23. The van der Waals surface area contributed by atoms with Crippen molar-refractivity contribution < 1.29 is 19.1 Å². The molecule has 8 nitrogen and oxygen atoms in total. The van der Waals surface area contributed by atoms with Gasteiger partial charge in [-0.3, -0.25) is 14.6 Å². The average Bonchev–Trinajstić information content (AvgIpc) is 3.35. The SMILES string of the molecule is O=C(Nc1ccsc1C(=O)NCc1ccc2c(c1)OCO2)c1cnccn1. The van der Waals surface area contributed by atoms with Gasteiger partial charge < -0.3 is 20.1 Å². The van der Waals surface area contributed by atoms with Crippen LogP contribution >= 0.6 is 11.3 Å². The van der Waals surface area contributed by atoms with E-state index in [0.717, 1.165) is 5.56 Å². The molecule has 1 aliphatic rings. The lowest BCUT2D eigenvalue weighted by molar-refractivity contribution is 0.0955. The van der Waals surface area contributed by atoms with Gasteiger partial charge in [-0.1, -0.05) is 6.07 Å². The summed E-state index contributed by atoms with van der Waals surface area (Å²) in [7, 11) is 0. The van der Waals surface area contributed by atoms with Gasteiger partial charge in [0.2, 0.25) is 6.79 Å². The molecule has 1 aliphatic heterocycles. The van der Waals surface area contributed by atoms with Crippen LogP contribution in [0.2, 0.25) is 0 Å². The highest BCUT2D eigenvalue weighted by Gasteiger charge is 2.17. The summed E-state index contributed by atoms with van der Waals surface area (Å²) in [6.07, 6.45) is 4.28. The topological polar surface area (TPSA) is 102 Å². The molecule has 9 heteroatoms. The summed E-state index contributed by atoms with van der Waals surface area (Å²) < 4.78 is 10.6. The number of carbonyl (C=O) groups is 2. The van der Waals surface area contributed by atoms with Gasteiger partial charge in [0, 0.05) is 18.9 Å². The van der Waals surface area contributed by atoms with Crippen molar-refractivity contribution >= 4 is 28.8 Å². The molecule has 0 atom stereocenters. The molecule has 0 saturated heterocycles. The Morgan fingerprint density at radius 2 is 2.00 bits per heavy atom. The van der Waals surface area contributed by atoms with Gasteiger partial charge in [0.25, 0.3) is 11.8 Å². The minimum Gasteiger partial charge on any atom is -0.454 e. The van der Waals surface area contributed by atoms with E-state index in [9.17, 15) is 9.59 Å². The number of ether oxygens (including phenoxy) is 2. The molecule has 2 amide bonds. The van der Waals surface area contributed by atoms with Crippen molar-refractivity contribution in [3.05, 3.63) is 64.4 Å². The molecule has 0 aliphatic carbocycles. The molecule has 0 saturated carbocycles. The fraction of sp³-hybridized carbons (Fsp3) is 0.111. The van der Waals surface area contributed by atoms with Crippen LogP contribution in [0.1, 0.15) is 25.7 Å². The quantitative estimate of drug-likeness (QED) is 0.703. The Bertz CT molecular complexity index is 990. The van der Waals surface area contributed by atoms with E-state index < -0.39 is 5.91 Å². The summed E-state index contributed by atoms with van der Waals surface area (Å²) in [5.74, 6) is 0.649. The number of carbonyl (C=O) groups excluding carboxylic acids is 2. The number of nitrogens with zero attached hydrogens (tertiary/aromatic N) is 2. The van der Waals surface area contributed by atoms with Gasteiger partial charge in [0.15, 0.2) is 11.5 Å². The predicted octanol–water partition coefficient (Wildman–Crippen LogP) is 2.45. The molecule has 2 N–H and O–H groups in total. The third kappa shape index (κ3) is 3.72. The molecule has 0 bridgehead atoms. The van der Waals surface area contributed by atoms with Crippen LogP contribution in [0, 0.1) is 0 Å². The number of fused-ring (bicyclic) bond motifs is 1.